The van der Waals surface area contributed by atoms with Crippen LogP contribution in [0.1, 0.15) is 49.5 Å². The van der Waals surface area contributed by atoms with Crippen molar-refractivity contribution in [3.63, 3.8) is 0 Å². The molecule has 1 saturated heterocycles. The van der Waals surface area contributed by atoms with Gasteiger partial charge in [0.1, 0.15) is 10.8 Å². The number of carbonyl (C=O) groups is 2. The van der Waals surface area contributed by atoms with Gasteiger partial charge in [-0.3, -0.25) is 5.32 Å². The number of aromatic nitrogens is 3. The molecular formula is C20H28N6O3S. The highest BCUT2D eigenvalue weighted by molar-refractivity contribution is 7.15. The molecule has 0 saturated carbocycles. The first-order valence-electron chi connectivity index (χ1n) is 10.1. The number of hydrogen-bond donors (Lipinski definition) is 1. The molecular weight excluding hydrogens is 404 g/mol. The van der Waals surface area contributed by atoms with E-state index in [1.165, 1.54) is 17.5 Å². The van der Waals surface area contributed by atoms with Gasteiger partial charge in [0.15, 0.2) is 0 Å². The summed E-state index contributed by atoms with van der Waals surface area (Å²) in [6.07, 6.45) is 2.35. The van der Waals surface area contributed by atoms with E-state index in [1.807, 2.05) is 6.07 Å². The molecule has 1 aliphatic rings. The Labute approximate surface area is 180 Å². The predicted molar refractivity (Wildman–Crippen MR) is 116 cm³/mol. The first kappa shape index (κ1) is 21.9. The molecule has 0 bridgehead atoms. The van der Waals surface area contributed by atoms with E-state index in [-0.39, 0.29) is 17.4 Å². The Hall–Kier alpha value is -2.75. The van der Waals surface area contributed by atoms with Crippen molar-refractivity contribution in [2.75, 3.05) is 43.0 Å². The smallest absolute Gasteiger partial charge is 0.339 e. The van der Waals surface area contributed by atoms with Gasteiger partial charge in [-0.05, 0) is 25.5 Å². The van der Waals surface area contributed by atoms with E-state index in [0.717, 1.165) is 23.8 Å². The highest BCUT2D eigenvalue weighted by atomic mass is 32.1. The van der Waals surface area contributed by atoms with Gasteiger partial charge in [-0.1, -0.05) is 32.1 Å². The second kappa shape index (κ2) is 9.38. The highest BCUT2D eigenvalue weighted by Crippen LogP contribution is 2.27. The summed E-state index contributed by atoms with van der Waals surface area (Å²) in [6, 6.07) is 3.37. The number of anilines is 2. The fourth-order valence-electron chi connectivity index (χ4n) is 3.01. The topological polar surface area (TPSA) is 101 Å². The lowest BCUT2D eigenvalue weighted by atomic mass is 9.98. The molecule has 10 heteroatoms. The average molecular weight is 433 g/mol. The molecule has 0 spiro atoms. The van der Waals surface area contributed by atoms with Crippen LogP contribution in [-0.4, -0.2) is 64.9 Å². The molecule has 1 fully saturated rings. The van der Waals surface area contributed by atoms with Gasteiger partial charge in [-0.25, -0.2) is 14.6 Å². The van der Waals surface area contributed by atoms with Crippen LogP contribution in [0.4, 0.5) is 15.7 Å². The Balaban J connectivity index is 1.57. The summed E-state index contributed by atoms with van der Waals surface area (Å²) in [6.45, 7) is 10.9. The second-order valence-electron chi connectivity index (χ2n) is 8.05. The molecule has 2 aromatic heterocycles. The largest absolute Gasteiger partial charge is 0.462 e. The van der Waals surface area contributed by atoms with Gasteiger partial charge in [0.25, 0.3) is 0 Å². The summed E-state index contributed by atoms with van der Waals surface area (Å²) >= 11 is 1.40. The minimum absolute atomic E-state index is 0.0976. The molecule has 0 aromatic carbocycles. The lowest BCUT2D eigenvalue weighted by Crippen LogP contribution is -2.38. The van der Waals surface area contributed by atoms with Gasteiger partial charge < -0.3 is 14.5 Å². The van der Waals surface area contributed by atoms with Crippen molar-refractivity contribution in [2.45, 2.75) is 39.5 Å². The minimum atomic E-state index is -0.374. The van der Waals surface area contributed by atoms with Crippen molar-refractivity contribution in [1.82, 2.24) is 20.1 Å². The fraction of sp³-hybridized carbons (Fsp3) is 0.550. The van der Waals surface area contributed by atoms with E-state index in [4.69, 9.17) is 4.74 Å². The monoisotopic (exact) mass is 432 g/mol. The number of carbonyl (C=O) groups excluding carboxylic acids is 2. The second-order valence-corrected chi connectivity index (χ2v) is 9.02. The molecule has 2 amide bonds. The summed E-state index contributed by atoms with van der Waals surface area (Å²) in [5.41, 5.74) is 0.336. The number of nitrogens with one attached hydrogen (secondary N) is 1. The van der Waals surface area contributed by atoms with Gasteiger partial charge in [-0.15, -0.1) is 10.2 Å². The summed E-state index contributed by atoms with van der Waals surface area (Å²) in [5.74, 6) is 0.408. The summed E-state index contributed by atoms with van der Waals surface area (Å²) in [7, 11) is 0. The first-order valence-corrected chi connectivity index (χ1v) is 10.9. The van der Waals surface area contributed by atoms with E-state index in [9.17, 15) is 9.59 Å². The van der Waals surface area contributed by atoms with Crippen molar-refractivity contribution >= 4 is 34.3 Å². The van der Waals surface area contributed by atoms with E-state index >= 15 is 0 Å². The number of rotatable bonds is 4. The zero-order valence-electron chi connectivity index (χ0n) is 17.8. The molecule has 3 heterocycles. The molecule has 1 aliphatic heterocycles. The van der Waals surface area contributed by atoms with Crippen LogP contribution in [0.2, 0.25) is 0 Å². The van der Waals surface area contributed by atoms with Crippen molar-refractivity contribution < 1.29 is 14.3 Å². The van der Waals surface area contributed by atoms with Crippen LogP contribution >= 0.6 is 11.3 Å². The number of esters is 1. The van der Waals surface area contributed by atoms with E-state index in [0.29, 0.717) is 36.9 Å². The van der Waals surface area contributed by atoms with Crippen LogP contribution in [0.15, 0.2) is 18.3 Å². The fourth-order valence-corrected chi connectivity index (χ4v) is 3.80. The molecule has 0 aliphatic carbocycles. The third kappa shape index (κ3) is 5.44. The molecule has 0 radical (unpaired) electrons. The third-order valence-corrected chi connectivity index (χ3v) is 5.91. The number of nitrogens with zero attached hydrogens (tertiary/aromatic N) is 5. The van der Waals surface area contributed by atoms with Gasteiger partial charge in [0, 0.05) is 37.8 Å². The average Bonchev–Trinajstić information content (AvgIpc) is 3.04. The van der Waals surface area contributed by atoms with Crippen LogP contribution in [0.25, 0.3) is 0 Å². The lowest BCUT2D eigenvalue weighted by Gasteiger charge is -2.22. The standard InChI is InChI=1S/C20H28N6O3S/c1-5-29-16(27)14-7-8-15(21-13-14)25-9-6-10-26(12-11-25)19(28)22-18-24-23-17(30-18)20(2,3)4/h7-8,13H,5-6,9-12H2,1-4H3,(H,22,24,28). The normalized spacial score (nSPS) is 14.9. The minimum Gasteiger partial charge on any atom is -0.462 e. The maximum atomic E-state index is 12.7. The number of amides is 2. The van der Waals surface area contributed by atoms with Crippen LogP contribution in [0, 0.1) is 0 Å². The van der Waals surface area contributed by atoms with Crippen LogP contribution < -0.4 is 10.2 Å². The zero-order valence-corrected chi connectivity index (χ0v) is 18.7. The van der Waals surface area contributed by atoms with E-state index < -0.39 is 0 Å². The SMILES string of the molecule is CCOC(=O)c1ccc(N2CCCN(C(=O)Nc3nnc(C(C)(C)C)s3)CC2)nc1. The lowest BCUT2D eigenvalue weighted by molar-refractivity contribution is 0.0526. The molecule has 1 N–H and O–H groups in total. The van der Waals surface area contributed by atoms with Crippen molar-refractivity contribution in [3.8, 4) is 0 Å². The summed E-state index contributed by atoms with van der Waals surface area (Å²) in [5, 5.41) is 12.5. The molecule has 3 rings (SSSR count). The Kier molecular flexibility index (Phi) is 6.86. The molecule has 0 unspecified atom stereocenters. The van der Waals surface area contributed by atoms with E-state index in [2.05, 4.69) is 46.2 Å². The van der Waals surface area contributed by atoms with Crippen LogP contribution in [0.5, 0.6) is 0 Å². The maximum Gasteiger partial charge on any atom is 0.339 e. The van der Waals surface area contributed by atoms with Gasteiger partial charge in [0.2, 0.25) is 5.13 Å². The molecule has 30 heavy (non-hydrogen) atoms. The number of urea groups is 1. The summed E-state index contributed by atoms with van der Waals surface area (Å²) in [4.78, 5) is 32.7. The Morgan fingerprint density at radius 2 is 1.97 bits per heavy atom. The molecule has 162 valence electrons. The maximum absolute atomic E-state index is 12.7. The highest BCUT2D eigenvalue weighted by Gasteiger charge is 2.23. The van der Waals surface area contributed by atoms with Crippen molar-refractivity contribution in [2.24, 2.45) is 0 Å². The quantitative estimate of drug-likeness (QED) is 0.741. The summed E-state index contributed by atoms with van der Waals surface area (Å²) < 4.78 is 4.99. The van der Waals surface area contributed by atoms with E-state index in [1.54, 1.807) is 17.9 Å². The number of ether oxygens (including phenoxy) is 1. The predicted octanol–water partition coefficient (Wildman–Crippen LogP) is 3.15. The van der Waals surface area contributed by atoms with Crippen LogP contribution in [-0.2, 0) is 10.2 Å². The van der Waals surface area contributed by atoms with Gasteiger partial charge in [-0.2, -0.15) is 0 Å². The van der Waals surface area contributed by atoms with Crippen molar-refractivity contribution in [1.29, 1.82) is 0 Å². The van der Waals surface area contributed by atoms with Gasteiger partial charge >= 0.3 is 12.0 Å². The zero-order chi connectivity index (χ0) is 21.7. The molecule has 2 aromatic rings. The third-order valence-electron chi connectivity index (χ3n) is 4.65. The van der Waals surface area contributed by atoms with Crippen molar-refractivity contribution in [3.05, 3.63) is 28.9 Å². The Morgan fingerprint density at radius 3 is 2.60 bits per heavy atom. The number of pyridine rings is 1. The Morgan fingerprint density at radius 1 is 1.17 bits per heavy atom. The molecule has 0 atom stereocenters. The van der Waals surface area contributed by atoms with Gasteiger partial charge in [0.05, 0.1) is 12.2 Å². The molecule has 9 nitrogen and oxygen atoms in total. The number of hydrogen-bond acceptors (Lipinski definition) is 8. The Bertz CT molecular complexity index is 877. The van der Waals surface area contributed by atoms with Crippen LogP contribution in [0.3, 0.4) is 0 Å². The first-order chi connectivity index (χ1) is 14.3.